The number of hydrogen-bond acceptors (Lipinski definition) is 4. The maximum atomic E-state index is 14.2. The lowest BCUT2D eigenvalue weighted by atomic mass is 9.96. The summed E-state index contributed by atoms with van der Waals surface area (Å²) in [5.41, 5.74) is 8.40. The van der Waals surface area contributed by atoms with Crippen molar-refractivity contribution in [2.45, 2.75) is 57.4 Å². The molecule has 0 radical (unpaired) electrons. The highest BCUT2D eigenvalue weighted by Gasteiger charge is 2.39. The van der Waals surface area contributed by atoms with E-state index in [4.69, 9.17) is 10.3 Å². The Bertz CT molecular complexity index is 686. The Balaban J connectivity index is 2.35. The maximum Gasteiger partial charge on any atom is 0.165 e. The Labute approximate surface area is 144 Å². The van der Waals surface area contributed by atoms with Gasteiger partial charge >= 0.3 is 0 Å². The molecule has 2 atom stereocenters. The van der Waals surface area contributed by atoms with E-state index in [1.165, 1.54) is 18.0 Å². The monoisotopic (exact) mass is 356 g/mol. The first-order valence-electron chi connectivity index (χ1n) is 7.70. The van der Waals surface area contributed by atoms with Gasteiger partial charge in [0.1, 0.15) is 11.4 Å². The van der Waals surface area contributed by atoms with Crippen LogP contribution in [0, 0.1) is 11.6 Å². The van der Waals surface area contributed by atoms with Crippen molar-refractivity contribution >= 4 is 11.9 Å². The SMILES string of the molecule is C[C@@H](NSC(C)(C)C)c1cc(F)c(F)c2c1OC(C)(CN=[N+]=[N-])C2. The van der Waals surface area contributed by atoms with Gasteiger partial charge in [-0.15, -0.1) is 0 Å². The summed E-state index contributed by atoms with van der Waals surface area (Å²) >= 11 is 1.52. The average Bonchev–Trinajstić information content (AvgIpc) is 2.84. The highest BCUT2D eigenvalue weighted by Crippen LogP contribution is 2.43. The number of ether oxygens (including phenoxy) is 1. The molecule has 0 fully saturated rings. The topological polar surface area (TPSA) is 70.0 Å². The molecule has 0 spiro atoms. The van der Waals surface area contributed by atoms with Crippen molar-refractivity contribution in [3.8, 4) is 5.75 Å². The van der Waals surface area contributed by atoms with Crippen LogP contribution in [0.3, 0.4) is 0 Å². The molecule has 1 aliphatic heterocycles. The highest BCUT2D eigenvalue weighted by atomic mass is 32.2. The van der Waals surface area contributed by atoms with E-state index in [0.29, 0.717) is 11.3 Å². The molecule has 24 heavy (non-hydrogen) atoms. The average molecular weight is 356 g/mol. The number of rotatable bonds is 5. The van der Waals surface area contributed by atoms with Crippen LogP contribution in [-0.4, -0.2) is 16.9 Å². The number of halogens is 2. The first-order valence-corrected chi connectivity index (χ1v) is 8.52. The summed E-state index contributed by atoms with van der Waals surface area (Å²) in [5.74, 6) is -1.44. The Morgan fingerprint density at radius 1 is 1.50 bits per heavy atom. The Kier molecular flexibility index (Phi) is 5.32. The van der Waals surface area contributed by atoms with Crippen LogP contribution >= 0.6 is 11.9 Å². The third-order valence-electron chi connectivity index (χ3n) is 3.67. The molecular formula is C16H22F2N4OS. The van der Waals surface area contributed by atoms with Crippen LogP contribution < -0.4 is 9.46 Å². The van der Waals surface area contributed by atoms with Gasteiger partial charge in [0.2, 0.25) is 0 Å². The van der Waals surface area contributed by atoms with E-state index in [2.05, 4.69) is 35.5 Å². The summed E-state index contributed by atoms with van der Waals surface area (Å²) in [6, 6.07) is 0.939. The van der Waals surface area contributed by atoms with Crippen molar-refractivity contribution in [2.24, 2.45) is 5.11 Å². The van der Waals surface area contributed by atoms with Crippen molar-refractivity contribution < 1.29 is 13.5 Å². The normalized spacial score (nSPS) is 21.0. The van der Waals surface area contributed by atoms with Gasteiger partial charge in [-0.2, -0.15) is 0 Å². The van der Waals surface area contributed by atoms with E-state index >= 15 is 0 Å². The van der Waals surface area contributed by atoms with Gasteiger partial charge in [0, 0.05) is 33.2 Å². The summed E-state index contributed by atoms with van der Waals surface area (Å²) in [5, 5.41) is 3.52. The van der Waals surface area contributed by atoms with Gasteiger partial charge in [-0.3, -0.25) is 4.72 Å². The van der Waals surface area contributed by atoms with Gasteiger partial charge < -0.3 is 4.74 Å². The molecule has 2 rings (SSSR count). The van der Waals surface area contributed by atoms with Gasteiger partial charge in [-0.05, 0) is 46.2 Å². The van der Waals surface area contributed by atoms with E-state index in [0.717, 1.165) is 0 Å². The second-order valence-electron chi connectivity index (χ2n) is 7.24. The largest absolute Gasteiger partial charge is 0.486 e. The minimum absolute atomic E-state index is 0.0209. The zero-order chi connectivity index (χ0) is 18.1. The zero-order valence-corrected chi connectivity index (χ0v) is 15.3. The summed E-state index contributed by atoms with van der Waals surface area (Å²) in [6.07, 6.45) is 0.164. The number of nitrogens with zero attached hydrogens (tertiary/aromatic N) is 3. The summed E-state index contributed by atoms with van der Waals surface area (Å²) < 4.78 is 37.4. The second-order valence-corrected chi connectivity index (χ2v) is 8.91. The molecule has 1 aromatic carbocycles. The molecule has 0 saturated heterocycles. The molecule has 8 heteroatoms. The standard InChI is InChI=1S/C16H22F2N4OS/c1-9(21-24-15(2,3)4)10-6-12(17)13(18)11-7-16(5,8-20-22-19)23-14(10)11/h6,9,21H,7-8H2,1-5H3/t9-,16?/m1/s1. The molecule has 0 bridgehead atoms. The van der Waals surface area contributed by atoms with Crippen molar-refractivity contribution in [3.63, 3.8) is 0 Å². The van der Waals surface area contributed by atoms with Crippen LogP contribution in [0.15, 0.2) is 11.2 Å². The minimum Gasteiger partial charge on any atom is -0.486 e. The molecule has 1 aromatic rings. The molecule has 132 valence electrons. The minimum atomic E-state index is -0.894. The molecule has 1 unspecified atom stereocenters. The van der Waals surface area contributed by atoms with Gasteiger partial charge in [0.25, 0.3) is 0 Å². The van der Waals surface area contributed by atoms with Gasteiger partial charge in [-0.25, -0.2) is 8.78 Å². The zero-order valence-electron chi connectivity index (χ0n) is 14.5. The first kappa shape index (κ1) is 18.8. The van der Waals surface area contributed by atoms with Crippen LogP contribution in [-0.2, 0) is 6.42 Å². The van der Waals surface area contributed by atoms with Gasteiger partial charge in [-0.1, -0.05) is 17.1 Å². The molecule has 0 saturated carbocycles. The molecular weight excluding hydrogens is 334 g/mol. The van der Waals surface area contributed by atoms with Crippen molar-refractivity contribution in [1.29, 1.82) is 0 Å². The third kappa shape index (κ3) is 4.12. The summed E-state index contributed by atoms with van der Waals surface area (Å²) in [6.45, 7) is 9.82. The van der Waals surface area contributed by atoms with Crippen LogP contribution in [0.2, 0.25) is 0 Å². The molecule has 1 heterocycles. The Hall–Kier alpha value is -1.50. The number of fused-ring (bicyclic) bond motifs is 1. The van der Waals surface area contributed by atoms with Gasteiger partial charge in [0.05, 0.1) is 6.54 Å². The second kappa shape index (κ2) is 6.78. The van der Waals surface area contributed by atoms with E-state index in [1.54, 1.807) is 6.92 Å². The van der Waals surface area contributed by atoms with Crippen molar-refractivity contribution in [3.05, 3.63) is 39.3 Å². The van der Waals surface area contributed by atoms with E-state index in [-0.39, 0.29) is 29.3 Å². The maximum absolute atomic E-state index is 14.2. The van der Waals surface area contributed by atoms with Crippen LogP contribution in [0.4, 0.5) is 8.78 Å². The quantitative estimate of drug-likeness (QED) is 0.347. The predicted molar refractivity (Wildman–Crippen MR) is 92.0 cm³/mol. The fourth-order valence-electron chi connectivity index (χ4n) is 2.54. The number of nitrogens with one attached hydrogen (secondary N) is 1. The Morgan fingerprint density at radius 3 is 2.75 bits per heavy atom. The lowest BCUT2D eigenvalue weighted by Crippen LogP contribution is -2.33. The lowest BCUT2D eigenvalue weighted by Gasteiger charge is -2.25. The van der Waals surface area contributed by atoms with Gasteiger partial charge in [0.15, 0.2) is 11.6 Å². The van der Waals surface area contributed by atoms with Crippen molar-refractivity contribution in [2.75, 3.05) is 6.54 Å². The fourth-order valence-corrected chi connectivity index (χ4v) is 3.20. The molecule has 0 aromatic heterocycles. The lowest BCUT2D eigenvalue weighted by molar-refractivity contribution is 0.124. The smallest absolute Gasteiger partial charge is 0.165 e. The van der Waals surface area contributed by atoms with E-state index in [9.17, 15) is 8.78 Å². The number of azide groups is 1. The van der Waals surface area contributed by atoms with Crippen LogP contribution in [0.5, 0.6) is 5.75 Å². The molecule has 5 nitrogen and oxygen atoms in total. The molecule has 0 amide bonds. The number of hydrogen-bond donors (Lipinski definition) is 1. The third-order valence-corrected chi connectivity index (χ3v) is 4.75. The first-order chi connectivity index (χ1) is 11.1. The predicted octanol–water partition coefficient (Wildman–Crippen LogP) is 5.07. The molecule has 0 aliphatic carbocycles. The fraction of sp³-hybridized carbons (Fsp3) is 0.625. The highest BCUT2D eigenvalue weighted by molar-refractivity contribution is 7.98. The van der Waals surface area contributed by atoms with Crippen LogP contribution in [0.1, 0.15) is 51.8 Å². The molecule has 1 N–H and O–H groups in total. The van der Waals surface area contributed by atoms with Crippen LogP contribution in [0.25, 0.3) is 10.4 Å². The van der Waals surface area contributed by atoms with E-state index < -0.39 is 17.2 Å². The molecule has 1 aliphatic rings. The summed E-state index contributed by atoms with van der Waals surface area (Å²) in [4.78, 5) is 2.72. The summed E-state index contributed by atoms with van der Waals surface area (Å²) in [7, 11) is 0. The van der Waals surface area contributed by atoms with Crippen molar-refractivity contribution in [1.82, 2.24) is 4.72 Å². The Morgan fingerprint density at radius 2 is 2.17 bits per heavy atom. The number of benzene rings is 1. The van der Waals surface area contributed by atoms with E-state index in [1.807, 2.05) is 6.92 Å².